The van der Waals surface area contributed by atoms with Gasteiger partial charge in [0.2, 0.25) is 5.76 Å². The number of anilines is 1. The van der Waals surface area contributed by atoms with Gasteiger partial charge in [-0.05, 0) is 52.0 Å². The quantitative estimate of drug-likeness (QED) is 0.399. The van der Waals surface area contributed by atoms with Gasteiger partial charge in [0, 0.05) is 5.56 Å². The van der Waals surface area contributed by atoms with Gasteiger partial charge in [-0.15, -0.1) is 0 Å². The minimum absolute atomic E-state index is 0.172. The Bertz CT molecular complexity index is 918. The van der Waals surface area contributed by atoms with E-state index in [1.165, 1.54) is 0 Å². The van der Waals surface area contributed by atoms with Gasteiger partial charge >= 0.3 is 11.9 Å². The maximum Gasteiger partial charge on any atom is 0.374 e. The van der Waals surface area contributed by atoms with Crippen molar-refractivity contribution in [2.24, 2.45) is 0 Å². The second kappa shape index (κ2) is 10.8. The predicted molar refractivity (Wildman–Crippen MR) is 112 cm³/mol. The third-order valence-electron chi connectivity index (χ3n) is 3.54. The van der Waals surface area contributed by atoms with Gasteiger partial charge in [-0.1, -0.05) is 30.3 Å². The molecule has 7 nitrogen and oxygen atoms in total. The summed E-state index contributed by atoms with van der Waals surface area (Å²) in [6.07, 6.45) is 0.146. The van der Waals surface area contributed by atoms with Crippen molar-refractivity contribution in [3.63, 3.8) is 0 Å². The van der Waals surface area contributed by atoms with E-state index in [2.05, 4.69) is 5.32 Å². The van der Waals surface area contributed by atoms with Crippen LogP contribution in [0.25, 0.3) is 0 Å². The third kappa shape index (κ3) is 7.09. The summed E-state index contributed by atoms with van der Waals surface area (Å²) in [4.78, 5) is 36.9. The number of para-hydroxylation sites is 2. The molecule has 0 fully saturated rings. The van der Waals surface area contributed by atoms with E-state index in [4.69, 9.17) is 14.2 Å². The average Bonchev–Trinajstić information content (AvgIpc) is 2.68. The van der Waals surface area contributed by atoms with Crippen LogP contribution in [0.15, 0.2) is 66.4 Å². The highest BCUT2D eigenvalue weighted by Gasteiger charge is 2.20. The largest absolute Gasteiger partial charge is 0.460 e. The summed E-state index contributed by atoms with van der Waals surface area (Å²) in [6, 6.07) is 15.2. The Morgan fingerprint density at radius 3 is 2.07 bits per heavy atom. The summed E-state index contributed by atoms with van der Waals surface area (Å²) in [7, 11) is 0. The highest BCUT2D eigenvalue weighted by Crippen LogP contribution is 2.27. The molecule has 0 radical (unpaired) electrons. The Morgan fingerprint density at radius 1 is 0.833 bits per heavy atom. The van der Waals surface area contributed by atoms with E-state index < -0.39 is 18.0 Å². The fourth-order valence-electron chi connectivity index (χ4n) is 2.34. The number of rotatable bonds is 8. The van der Waals surface area contributed by atoms with E-state index in [-0.39, 0.29) is 23.5 Å². The van der Waals surface area contributed by atoms with Crippen LogP contribution in [0.3, 0.4) is 0 Å². The summed E-state index contributed by atoms with van der Waals surface area (Å²) in [5.41, 5.74) is 0.787. The summed E-state index contributed by atoms with van der Waals surface area (Å²) in [5.74, 6) is -2.09. The molecule has 1 amide bonds. The molecule has 0 aliphatic carbocycles. The molecule has 158 valence electrons. The zero-order valence-electron chi connectivity index (χ0n) is 17.4. The molecule has 7 heteroatoms. The lowest BCUT2D eigenvalue weighted by Gasteiger charge is -2.15. The lowest BCUT2D eigenvalue weighted by Crippen LogP contribution is -2.20. The first kappa shape index (κ1) is 22.7. The molecule has 2 aromatic rings. The van der Waals surface area contributed by atoms with E-state index in [9.17, 15) is 14.4 Å². The van der Waals surface area contributed by atoms with Crippen molar-refractivity contribution in [2.45, 2.75) is 39.9 Å². The van der Waals surface area contributed by atoms with Crippen LogP contribution >= 0.6 is 0 Å². The van der Waals surface area contributed by atoms with Gasteiger partial charge in [0.1, 0.15) is 0 Å². The van der Waals surface area contributed by atoms with Crippen molar-refractivity contribution < 1.29 is 28.6 Å². The maximum atomic E-state index is 12.5. The Hall–Kier alpha value is -3.61. The van der Waals surface area contributed by atoms with E-state index in [0.29, 0.717) is 11.3 Å². The van der Waals surface area contributed by atoms with Crippen molar-refractivity contribution in [3.8, 4) is 5.75 Å². The average molecular weight is 411 g/mol. The SMILES string of the molecule is CC(C)OC(=O)/C=C(\Oc1ccccc1NC(=O)c1ccccc1)C(=O)OC(C)C. The van der Waals surface area contributed by atoms with Gasteiger partial charge in [-0.2, -0.15) is 0 Å². The van der Waals surface area contributed by atoms with E-state index in [1.54, 1.807) is 76.2 Å². The number of nitrogens with one attached hydrogen (secondary N) is 1. The molecule has 0 unspecified atom stereocenters. The summed E-state index contributed by atoms with van der Waals surface area (Å²) >= 11 is 0. The lowest BCUT2D eigenvalue weighted by atomic mass is 10.2. The topological polar surface area (TPSA) is 90.9 Å². The highest BCUT2D eigenvalue weighted by molar-refractivity contribution is 6.05. The molecular weight excluding hydrogens is 386 g/mol. The van der Waals surface area contributed by atoms with Crippen molar-refractivity contribution >= 4 is 23.5 Å². The Morgan fingerprint density at radius 2 is 1.43 bits per heavy atom. The van der Waals surface area contributed by atoms with Crippen LogP contribution in [-0.4, -0.2) is 30.1 Å². The van der Waals surface area contributed by atoms with Crippen LogP contribution < -0.4 is 10.1 Å². The van der Waals surface area contributed by atoms with Gasteiger partial charge in [0.25, 0.3) is 5.91 Å². The molecular formula is C23H25NO6. The Kier molecular flexibility index (Phi) is 8.17. The predicted octanol–water partition coefficient (Wildman–Crippen LogP) is 4.10. The van der Waals surface area contributed by atoms with Crippen LogP contribution in [0.2, 0.25) is 0 Å². The molecule has 0 saturated heterocycles. The summed E-state index contributed by atoms with van der Waals surface area (Å²) in [5, 5.41) is 2.74. The molecule has 0 aliphatic heterocycles. The van der Waals surface area contributed by atoms with Crippen LogP contribution in [0.4, 0.5) is 5.69 Å². The molecule has 2 aromatic carbocycles. The molecule has 0 atom stereocenters. The van der Waals surface area contributed by atoms with Crippen LogP contribution in [0, 0.1) is 0 Å². The zero-order valence-corrected chi connectivity index (χ0v) is 17.4. The number of hydrogen-bond donors (Lipinski definition) is 1. The smallest absolute Gasteiger partial charge is 0.374 e. The number of carbonyl (C=O) groups is 3. The molecule has 0 heterocycles. The summed E-state index contributed by atoms with van der Waals surface area (Å²) < 4.78 is 15.9. The van der Waals surface area contributed by atoms with Crippen molar-refractivity contribution in [3.05, 3.63) is 72.0 Å². The second-order valence-electron chi connectivity index (χ2n) is 6.87. The first-order chi connectivity index (χ1) is 14.3. The van der Waals surface area contributed by atoms with E-state index in [0.717, 1.165) is 6.08 Å². The highest BCUT2D eigenvalue weighted by atomic mass is 16.6. The minimum atomic E-state index is -0.824. The van der Waals surface area contributed by atoms with Crippen molar-refractivity contribution in [2.75, 3.05) is 5.32 Å². The van der Waals surface area contributed by atoms with Crippen molar-refractivity contribution in [1.29, 1.82) is 0 Å². The molecule has 0 spiro atoms. The van der Waals surface area contributed by atoms with Crippen molar-refractivity contribution in [1.82, 2.24) is 0 Å². The van der Waals surface area contributed by atoms with Gasteiger partial charge in [0.15, 0.2) is 5.75 Å². The maximum absolute atomic E-state index is 12.5. The first-order valence-electron chi connectivity index (χ1n) is 9.53. The van der Waals surface area contributed by atoms with Crippen LogP contribution in [0.1, 0.15) is 38.1 Å². The first-order valence-corrected chi connectivity index (χ1v) is 9.53. The Balaban J connectivity index is 2.29. The molecule has 0 aliphatic rings. The number of esters is 2. The molecule has 0 aromatic heterocycles. The molecule has 0 bridgehead atoms. The minimum Gasteiger partial charge on any atom is -0.460 e. The molecule has 2 rings (SSSR count). The van der Waals surface area contributed by atoms with Crippen LogP contribution in [-0.2, 0) is 19.1 Å². The number of ether oxygens (including phenoxy) is 3. The van der Waals surface area contributed by atoms with Gasteiger partial charge in [-0.3, -0.25) is 4.79 Å². The number of amides is 1. The molecule has 30 heavy (non-hydrogen) atoms. The van der Waals surface area contributed by atoms with E-state index >= 15 is 0 Å². The number of carbonyl (C=O) groups excluding carboxylic acids is 3. The van der Waals surface area contributed by atoms with Gasteiger partial charge < -0.3 is 19.5 Å². The number of benzene rings is 2. The monoisotopic (exact) mass is 411 g/mol. The zero-order chi connectivity index (χ0) is 22.1. The van der Waals surface area contributed by atoms with Gasteiger partial charge in [0.05, 0.1) is 24.0 Å². The van der Waals surface area contributed by atoms with Gasteiger partial charge in [-0.25, -0.2) is 9.59 Å². The molecule has 1 N–H and O–H groups in total. The second-order valence-corrected chi connectivity index (χ2v) is 6.87. The summed E-state index contributed by atoms with van der Waals surface area (Å²) in [6.45, 7) is 6.73. The lowest BCUT2D eigenvalue weighted by molar-refractivity contribution is -0.147. The molecule has 0 saturated carbocycles. The third-order valence-corrected chi connectivity index (χ3v) is 3.54. The Labute approximate surface area is 175 Å². The standard InChI is InChI=1S/C23H25NO6/c1-15(2)28-21(25)14-20(23(27)29-16(3)4)30-19-13-9-8-12-18(19)24-22(26)17-10-6-5-7-11-17/h5-16H,1-4H3,(H,24,26)/b20-14-. The van der Waals surface area contributed by atoms with Crippen LogP contribution in [0.5, 0.6) is 5.75 Å². The normalized spacial score (nSPS) is 11.2. The number of hydrogen-bond acceptors (Lipinski definition) is 6. The fraction of sp³-hybridized carbons (Fsp3) is 0.261. The van der Waals surface area contributed by atoms with E-state index in [1.807, 2.05) is 6.07 Å². The fourth-order valence-corrected chi connectivity index (χ4v) is 2.34.